The lowest BCUT2D eigenvalue weighted by molar-refractivity contribution is -0.141. The normalized spacial score (nSPS) is 15.2. The summed E-state index contributed by atoms with van der Waals surface area (Å²) in [7, 11) is 0. The fraction of sp³-hybridized carbons (Fsp3) is 0.261. The van der Waals surface area contributed by atoms with E-state index in [1.165, 1.54) is 30.5 Å². The van der Waals surface area contributed by atoms with Crippen LogP contribution in [0.2, 0.25) is 10.0 Å². The maximum Gasteiger partial charge on any atom is 0.435 e. The van der Waals surface area contributed by atoms with Gasteiger partial charge in [-0.05, 0) is 49.2 Å². The fourth-order valence-electron chi connectivity index (χ4n) is 3.83. The third-order valence-electron chi connectivity index (χ3n) is 5.34. The number of ketones is 1. The largest absolute Gasteiger partial charge is 0.435 e. The summed E-state index contributed by atoms with van der Waals surface area (Å²) in [6.45, 7) is 3.50. The van der Waals surface area contributed by atoms with Crippen LogP contribution < -0.4 is 10.6 Å². The van der Waals surface area contributed by atoms with Gasteiger partial charge in [0.15, 0.2) is 17.3 Å². The van der Waals surface area contributed by atoms with Crippen molar-refractivity contribution in [3.8, 4) is 5.82 Å². The Bertz CT molecular complexity index is 1390. The molecule has 8 nitrogen and oxygen atoms in total. The zero-order valence-corrected chi connectivity index (χ0v) is 20.3. The molecule has 0 aliphatic heterocycles. The molecule has 0 radical (unpaired) electrons. The van der Waals surface area contributed by atoms with Gasteiger partial charge in [-0.15, -0.1) is 0 Å². The van der Waals surface area contributed by atoms with E-state index in [1.54, 1.807) is 13.8 Å². The Labute approximate surface area is 212 Å². The molecule has 1 aromatic carbocycles. The molecule has 1 aliphatic rings. The lowest BCUT2D eigenvalue weighted by Crippen LogP contribution is -2.36. The number of hydrogen-bond donors (Lipinski definition) is 2. The molecule has 2 heterocycles. The van der Waals surface area contributed by atoms with Crippen molar-refractivity contribution in [2.75, 3.05) is 5.32 Å². The number of anilines is 1. The van der Waals surface area contributed by atoms with Crippen LogP contribution in [0, 0.1) is 0 Å². The van der Waals surface area contributed by atoms with E-state index in [1.807, 2.05) is 0 Å². The molecule has 2 N–H and O–H groups in total. The number of rotatable bonds is 5. The highest BCUT2D eigenvalue weighted by atomic mass is 35.5. The van der Waals surface area contributed by atoms with Crippen molar-refractivity contribution in [1.82, 2.24) is 20.1 Å². The number of nitrogens with one attached hydrogen (secondary N) is 2. The second kappa shape index (κ2) is 9.55. The number of carbonyl (C=O) groups excluding carboxylic acids is 3. The Balaban J connectivity index is 1.73. The van der Waals surface area contributed by atoms with Crippen LogP contribution in [0.5, 0.6) is 0 Å². The van der Waals surface area contributed by atoms with Gasteiger partial charge in [0.2, 0.25) is 5.91 Å². The number of nitrogens with zero attached hydrogens (tertiary/aromatic N) is 3. The first-order valence-electron chi connectivity index (χ1n) is 10.6. The van der Waals surface area contributed by atoms with E-state index in [-0.39, 0.29) is 39.8 Å². The minimum Gasteiger partial charge on any atom is -0.353 e. The number of alkyl halides is 3. The van der Waals surface area contributed by atoms with Crippen molar-refractivity contribution in [2.24, 2.45) is 0 Å². The predicted octanol–water partition coefficient (Wildman–Crippen LogP) is 4.58. The summed E-state index contributed by atoms with van der Waals surface area (Å²) in [6, 6.07) is 6.03. The Kier molecular flexibility index (Phi) is 6.80. The average molecular weight is 540 g/mol. The second-order valence-electron chi connectivity index (χ2n) is 8.36. The van der Waals surface area contributed by atoms with E-state index in [0.29, 0.717) is 21.9 Å². The second-order valence-corrected chi connectivity index (χ2v) is 9.17. The van der Waals surface area contributed by atoms with Gasteiger partial charge in [-0.1, -0.05) is 23.2 Å². The first-order chi connectivity index (χ1) is 16.9. The Morgan fingerprint density at radius 2 is 1.89 bits per heavy atom. The van der Waals surface area contributed by atoms with Crippen molar-refractivity contribution < 1.29 is 27.6 Å². The van der Waals surface area contributed by atoms with Gasteiger partial charge < -0.3 is 10.6 Å². The fourth-order valence-corrected chi connectivity index (χ4v) is 4.26. The van der Waals surface area contributed by atoms with Crippen molar-refractivity contribution in [3.05, 3.63) is 69.1 Å². The van der Waals surface area contributed by atoms with Crippen LogP contribution in [0.3, 0.4) is 0 Å². The molecule has 2 aromatic heterocycles. The molecule has 0 bridgehead atoms. The summed E-state index contributed by atoms with van der Waals surface area (Å²) in [5.41, 5.74) is -0.951. The Morgan fingerprint density at radius 1 is 1.17 bits per heavy atom. The van der Waals surface area contributed by atoms with Crippen LogP contribution in [-0.2, 0) is 22.2 Å². The summed E-state index contributed by atoms with van der Waals surface area (Å²) in [6.07, 6.45) is -3.57. The van der Waals surface area contributed by atoms with Crippen molar-refractivity contribution in [3.63, 3.8) is 0 Å². The third kappa shape index (κ3) is 4.93. The zero-order chi connectivity index (χ0) is 26.4. The first kappa shape index (κ1) is 25.6. The van der Waals surface area contributed by atoms with Crippen molar-refractivity contribution in [2.45, 2.75) is 38.4 Å². The van der Waals surface area contributed by atoms with E-state index in [2.05, 4.69) is 20.7 Å². The van der Waals surface area contributed by atoms with Crippen LogP contribution >= 0.6 is 23.2 Å². The number of hydrogen-bond acceptors (Lipinski definition) is 5. The van der Waals surface area contributed by atoms with Gasteiger partial charge in [-0.3, -0.25) is 14.4 Å². The molecule has 1 atom stereocenters. The number of Topliss-reactive ketones (excluding diaryl/α,β-unsaturated/α-hetero) is 1. The van der Waals surface area contributed by atoms with Gasteiger partial charge in [0.25, 0.3) is 5.91 Å². The molecule has 2 amide bonds. The molecule has 0 saturated heterocycles. The molecule has 13 heteroatoms. The lowest BCUT2D eigenvalue weighted by Gasteiger charge is -2.15. The zero-order valence-electron chi connectivity index (χ0n) is 18.8. The maximum absolute atomic E-state index is 13.4. The maximum atomic E-state index is 13.4. The molecule has 0 spiro atoms. The SMILES string of the molecule is CC(C)NC(=O)C1C(=O)Cc2cc(Cl)c(NC(=O)c3cc(C(F)(F)F)nn3-c3ncccc3Cl)cc21. The van der Waals surface area contributed by atoms with Crippen LogP contribution in [-0.4, -0.2) is 38.4 Å². The van der Waals surface area contributed by atoms with Gasteiger partial charge in [0, 0.05) is 24.7 Å². The van der Waals surface area contributed by atoms with E-state index in [9.17, 15) is 27.6 Å². The molecule has 0 saturated carbocycles. The number of aromatic nitrogens is 3. The molecule has 3 aromatic rings. The number of halogens is 5. The number of benzene rings is 1. The molecule has 4 rings (SSSR count). The summed E-state index contributed by atoms with van der Waals surface area (Å²) in [4.78, 5) is 42.2. The number of amides is 2. The van der Waals surface area contributed by atoms with E-state index >= 15 is 0 Å². The number of fused-ring (bicyclic) bond motifs is 1. The third-order valence-corrected chi connectivity index (χ3v) is 5.95. The highest BCUT2D eigenvalue weighted by Gasteiger charge is 2.38. The highest BCUT2D eigenvalue weighted by Crippen LogP contribution is 2.37. The van der Waals surface area contributed by atoms with Crippen molar-refractivity contribution in [1.29, 1.82) is 0 Å². The first-order valence-corrected chi connectivity index (χ1v) is 11.4. The average Bonchev–Trinajstić information content (AvgIpc) is 3.35. The molecule has 1 aliphatic carbocycles. The van der Waals surface area contributed by atoms with Gasteiger partial charge in [0.1, 0.15) is 11.6 Å². The van der Waals surface area contributed by atoms with E-state index < -0.39 is 35.3 Å². The predicted molar refractivity (Wildman–Crippen MR) is 126 cm³/mol. The number of pyridine rings is 1. The van der Waals surface area contributed by atoms with Crippen LogP contribution in [0.25, 0.3) is 5.82 Å². The lowest BCUT2D eigenvalue weighted by atomic mass is 9.98. The Morgan fingerprint density at radius 3 is 2.53 bits per heavy atom. The smallest absolute Gasteiger partial charge is 0.353 e. The quantitative estimate of drug-likeness (QED) is 0.461. The standard InChI is InChI=1S/C23H18Cl2F3N5O3/c1-10(2)30-22(36)19-12-8-15(14(25)6-11(12)7-17(19)34)31-21(35)16-9-18(23(26,27)28)32-33(16)20-13(24)4-3-5-29-20/h3-6,8-10,19H,7H2,1-2H3,(H,30,36)(H,31,35). The van der Waals surface area contributed by atoms with Crippen LogP contribution in [0.15, 0.2) is 36.5 Å². The van der Waals surface area contributed by atoms with Crippen LogP contribution in [0.4, 0.5) is 18.9 Å². The summed E-state index contributed by atoms with van der Waals surface area (Å²) in [5, 5.41) is 8.63. The molecular weight excluding hydrogens is 522 g/mol. The van der Waals surface area contributed by atoms with Gasteiger partial charge in [-0.2, -0.15) is 18.3 Å². The molecule has 188 valence electrons. The Hall–Kier alpha value is -3.44. The minimum absolute atomic E-state index is 0.00545. The molecular formula is C23H18Cl2F3N5O3. The summed E-state index contributed by atoms with van der Waals surface area (Å²) < 4.78 is 40.9. The van der Waals surface area contributed by atoms with E-state index in [4.69, 9.17) is 23.2 Å². The molecule has 36 heavy (non-hydrogen) atoms. The number of carbonyl (C=O) groups is 3. The monoisotopic (exact) mass is 539 g/mol. The molecule has 0 fully saturated rings. The van der Waals surface area contributed by atoms with Crippen LogP contribution in [0.1, 0.15) is 47.1 Å². The highest BCUT2D eigenvalue weighted by molar-refractivity contribution is 6.34. The van der Waals surface area contributed by atoms with Gasteiger partial charge >= 0.3 is 6.18 Å². The minimum atomic E-state index is -4.84. The van der Waals surface area contributed by atoms with Gasteiger partial charge in [-0.25, -0.2) is 9.67 Å². The summed E-state index contributed by atoms with van der Waals surface area (Å²) in [5.74, 6) is -3.10. The summed E-state index contributed by atoms with van der Waals surface area (Å²) >= 11 is 12.4. The molecule has 1 unspecified atom stereocenters. The van der Waals surface area contributed by atoms with Gasteiger partial charge in [0.05, 0.1) is 15.7 Å². The topological polar surface area (TPSA) is 106 Å². The van der Waals surface area contributed by atoms with Crippen molar-refractivity contribution >= 4 is 46.5 Å². The van der Waals surface area contributed by atoms with E-state index in [0.717, 1.165) is 0 Å².